The standard InChI is InChI=1S/C22H26F2N2O4/c23-17-2-1-16(6-18(17)24)26-20(28)12-30-21(29)11-25-19(27)10-22-7-13-3-14(8-22)5-15(4-13)9-22/h1-2,6,13-15H,3-5,7-12H2,(H,25,27)(H,26,28). The fourth-order valence-electron chi connectivity index (χ4n) is 6.05. The van der Waals surface area contributed by atoms with E-state index in [0.717, 1.165) is 49.1 Å². The summed E-state index contributed by atoms with van der Waals surface area (Å²) < 4.78 is 30.9. The molecule has 162 valence electrons. The molecule has 0 atom stereocenters. The molecule has 5 rings (SSSR count). The molecule has 0 unspecified atom stereocenters. The number of carbonyl (C=O) groups excluding carboxylic acids is 3. The molecule has 4 bridgehead atoms. The third-order valence-corrected chi connectivity index (χ3v) is 6.70. The van der Waals surface area contributed by atoms with Gasteiger partial charge < -0.3 is 15.4 Å². The van der Waals surface area contributed by atoms with Gasteiger partial charge in [-0.1, -0.05) is 0 Å². The SMILES string of the molecule is O=C(CC12CC3CC(CC(C3)C1)C2)NCC(=O)OCC(=O)Nc1ccc(F)c(F)c1. The number of carbonyl (C=O) groups is 3. The van der Waals surface area contributed by atoms with E-state index >= 15 is 0 Å². The highest BCUT2D eigenvalue weighted by Crippen LogP contribution is 2.61. The lowest BCUT2D eigenvalue weighted by Crippen LogP contribution is -2.48. The summed E-state index contributed by atoms with van der Waals surface area (Å²) >= 11 is 0. The van der Waals surface area contributed by atoms with Crippen LogP contribution < -0.4 is 10.6 Å². The summed E-state index contributed by atoms with van der Waals surface area (Å²) in [6.45, 7) is -0.883. The van der Waals surface area contributed by atoms with Crippen molar-refractivity contribution >= 4 is 23.5 Å². The molecular weight excluding hydrogens is 394 g/mol. The third-order valence-electron chi connectivity index (χ3n) is 6.70. The number of amides is 2. The molecule has 0 aromatic heterocycles. The Hall–Kier alpha value is -2.51. The minimum atomic E-state index is -1.09. The van der Waals surface area contributed by atoms with Gasteiger partial charge in [0.05, 0.1) is 0 Å². The van der Waals surface area contributed by atoms with Crippen LogP contribution in [0, 0.1) is 34.8 Å². The minimum Gasteiger partial charge on any atom is -0.454 e. The number of nitrogens with one attached hydrogen (secondary N) is 2. The largest absolute Gasteiger partial charge is 0.454 e. The summed E-state index contributed by atoms with van der Waals surface area (Å²) in [6, 6.07) is 2.92. The van der Waals surface area contributed by atoms with Gasteiger partial charge in [0.15, 0.2) is 18.2 Å². The molecule has 4 fully saturated rings. The highest BCUT2D eigenvalue weighted by Gasteiger charge is 2.51. The molecule has 0 radical (unpaired) electrons. The van der Waals surface area contributed by atoms with E-state index in [1.165, 1.54) is 25.3 Å². The number of benzene rings is 1. The Labute approximate surface area is 173 Å². The Morgan fingerprint density at radius 3 is 2.20 bits per heavy atom. The van der Waals surface area contributed by atoms with Crippen LogP contribution in [0.15, 0.2) is 18.2 Å². The summed E-state index contributed by atoms with van der Waals surface area (Å²) in [4.78, 5) is 36.0. The summed E-state index contributed by atoms with van der Waals surface area (Å²) in [5.74, 6) is -1.43. The van der Waals surface area contributed by atoms with Gasteiger partial charge in [-0.3, -0.25) is 14.4 Å². The average molecular weight is 420 g/mol. The predicted molar refractivity (Wildman–Crippen MR) is 104 cm³/mol. The van der Waals surface area contributed by atoms with Crippen molar-refractivity contribution in [2.75, 3.05) is 18.5 Å². The van der Waals surface area contributed by atoms with Crippen molar-refractivity contribution in [2.45, 2.75) is 44.9 Å². The topological polar surface area (TPSA) is 84.5 Å². The number of esters is 1. The number of halogens is 2. The zero-order valence-electron chi connectivity index (χ0n) is 16.7. The Kier molecular flexibility index (Phi) is 5.75. The highest BCUT2D eigenvalue weighted by molar-refractivity contribution is 5.93. The summed E-state index contributed by atoms with van der Waals surface area (Å²) in [6.07, 6.45) is 7.70. The first-order valence-corrected chi connectivity index (χ1v) is 10.5. The Balaban J connectivity index is 1.17. The monoisotopic (exact) mass is 420 g/mol. The van der Waals surface area contributed by atoms with Gasteiger partial charge in [-0.15, -0.1) is 0 Å². The molecule has 4 aliphatic carbocycles. The smallest absolute Gasteiger partial charge is 0.325 e. The number of anilines is 1. The van der Waals surface area contributed by atoms with Crippen molar-refractivity contribution in [3.63, 3.8) is 0 Å². The summed E-state index contributed by atoms with van der Waals surface area (Å²) in [5, 5.41) is 4.91. The normalized spacial score (nSPS) is 28.8. The lowest BCUT2D eigenvalue weighted by Gasteiger charge is -2.56. The Morgan fingerprint density at radius 2 is 1.60 bits per heavy atom. The molecule has 0 spiro atoms. The third kappa shape index (κ3) is 4.79. The number of hydrogen-bond donors (Lipinski definition) is 2. The van der Waals surface area contributed by atoms with Gasteiger partial charge in [-0.05, 0) is 73.8 Å². The first-order chi connectivity index (χ1) is 14.3. The fourth-order valence-corrected chi connectivity index (χ4v) is 6.05. The van der Waals surface area contributed by atoms with Crippen molar-refractivity contribution in [3.05, 3.63) is 29.8 Å². The van der Waals surface area contributed by atoms with Gasteiger partial charge in [0.1, 0.15) is 6.54 Å². The molecular formula is C22H26F2N2O4. The van der Waals surface area contributed by atoms with Crippen LogP contribution in [0.4, 0.5) is 14.5 Å². The van der Waals surface area contributed by atoms with Gasteiger partial charge in [0, 0.05) is 18.2 Å². The lowest BCUT2D eigenvalue weighted by atomic mass is 9.49. The number of rotatable bonds is 7. The molecule has 2 N–H and O–H groups in total. The Bertz CT molecular complexity index is 822. The maximum absolute atomic E-state index is 13.1. The van der Waals surface area contributed by atoms with Crippen LogP contribution in [-0.4, -0.2) is 30.9 Å². The molecule has 2 amide bonds. The summed E-state index contributed by atoms with van der Waals surface area (Å²) in [7, 11) is 0. The maximum Gasteiger partial charge on any atom is 0.325 e. The van der Waals surface area contributed by atoms with E-state index in [4.69, 9.17) is 4.74 Å². The maximum atomic E-state index is 13.1. The van der Waals surface area contributed by atoms with E-state index < -0.39 is 30.1 Å². The van der Waals surface area contributed by atoms with E-state index in [0.29, 0.717) is 6.42 Å². The van der Waals surface area contributed by atoms with E-state index in [9.17, 15) is 23.2 Å². The highest BCUT2D eigenvalue weighted by atomic mass is 19.2. The van der Waals surface area contributed by atoms with Gasteiger partial charge in [-0.25, -0.2) is 8.78 Å². The van der Waals surface area contributed by atoms with Crippen LogP contribution in [-0.2, 0) is 19.1 Å². The molecule has 4 saturated carbocycles. The predicted octanol–water partition coefficient (Wildman–Crippen LogP) is 3.17. The Morgan fingerprint density at radius 1 is 0.967 bits per heavy atom. The van der Waals surface area contributed by atoms with E-state index in [1.54, 1.807) is 0 Å². The zero-order valence-corrected chi connectivity index (χ0v) is 16.7. The molecule has 4 aliphatic rings. The van der Waals surface area contributed by atoms with Gasteiger partial charge in [-0.2, -0.15) is 0 Å². The van der Waals surface area contributed by atoms with Crippen LogP contribution in [0.2, 0.25) is 0 Å². The second-order valence-electron chi connectivity index (χ2n) is 9.21. The van der Waals surface area contributed by atoms with Crippen molar-refractivity contribution in [1.82, 2.24) is 5.32 Å². The zero-order chi connectivity index (χ0) is 21.3. The minimum absolute atomic E-state index is 0.0545. The quantitative estimate of drug-likeness (QED) is 0.664. The summed E-state index contributed by atoms with van der Waals surface area (Å²) in [5.41, 5.74) is 0.145. The van der Waals surface area contributed by atoms with E-state index in [2.05, 4.69) is 10.6 Å². The molecule has 0 saturated heterocycles. The lowest BCUT2D eigenvalue weighted by molar-refractivity contribution is -0.147. The molecule has 0 aliphatic heterocycles. The van der Waals surface area contributed by atoms with Crippen molar-refractivity contribution in [2.24, 2.45) is 23.2 Å². The van der Waals surface area contributed by atoms with E-state index in [1.807, 2.05) is 0 Å². The van der Waals surface area contributed by atoms with Crippen LogP contribution in [0.1, 0.15) is 44.9 Å². The average Bonchev–Trinajstić information content (AvgIpc) is 2.66. The molecule has 30 heavy (non-hydrogen) atoms. The van der Waals surface area contributed by atoms with Crippen molar-refractivity contribution in [3.8, 4) is 0 Å². The van der Waals surface area contributed by atoms with Crippen molar-refractivity contribution < 1.29 is 27.9 Å². The second kappa shape index (κ2) is 8.32. The molecule has 0 heterocycles. The van der Waals surface area contributed by atoms with Crippen molar-refractivity contribution in [1.29, 1.82) is 0 Å². The van der Waals surface area contributed by atoms with Crippen LogP contribution in [0.25, 0.3) is 0 Å². The second-order valence-corrected chi connectivity index (χ2v) is 9.21. The van der Waals surface area contributed by atoms with Crippen LogP contribution >= 0.6 is 0 Å². The van der Waals surface area contributed by atoms with E-state index in [-0.39, 0.29) is 23.6 Å². The fraction of sp³-hybridized carbons (Fsp3) is 0.591. The molecule has 1 aromatic rings. The van der Waals surface area contributed by atoms with Gasteiger partial charge >= 0.3 is 5.97 Å². The molecule has 1 aromatic carbocycles. The first-order valence-electron chi connectivity index (χ1n) is 10.5. The molecule has 8 heteroatoms. The van der Waals surface area contributed by atoms with Crippen LogP contribution in [0.3, 0.4) is 0 Å². The number of hydrogen-bond acceptors (Lipinski definition) is 4. The van der Waals surface area contributed by atoms with Crippen LogP contribution in [0.5, 0.6) is 0 Å². The molecule has 6 nitrogen and oxygen atoms in total. The van der Waals surface area contributed by atoms with Gasteiger partial charge in [0.25, 0.3) is 5.91 Å². The van der Waals surface area contributed by atoms with Gasteiger partial charge in [0.2, 0.25) is 5.91 Å². The first kappa shape index (κ1) is 20.8. The number of ether oxygens (including phenoxy) is 1.